The van der Waals surface area contributed by atoms with E-state index in [1.165, 1.54) is 0 Å². The van der Waals surface area contributed by atoms with E-state index in [2.05, 4.69) is 0 Å². The number of hydrogen-bond acceptors (Lipinski definition) is 3. The summed E-state index contributed by atoms with van der Waals surface area (Å²) in [6, 6.07) is 0. The predicted molar refractivity (Wildman–Crippen MR) is 27.5 cm³/mol. The molecule has 0 unspecified atom stereocenters. The minimum Gasteiger partial charge on any atom is -0.302 e. The van der Waals surface area contributed by atoms with Gasteiger partial charge in [-0.3, -0.25) is 9.69 Å². The molecule has 0 N–H and O–H groups in total. The standard InChI is InChI=1S/C5H7NO2/c7-2-1-6-3-5(8)4-6/h2H,1,3-4H2. The predicted octanol–water partition coefficient (Wildman–Crippen LogP) is -0.930. The van der Waals surface area contributed by atoms with Crippen molar-refractivity contribution in [2.24, 2.45) is 0 Å². The lowest BCUT2D eigenvalue weighted by molar-refractivity contribution is -0.129. The highest BCUT2D eigenvalue weighted by Crippen LogP contribution is 1.97. The molecule has 1 heterocycles. The summed E-state index contributed by atoms with van der Waals surface area (Å²) in [6.07, 6.45) is 0.812. The molecule has 0 aromatic heterocycles. The topological polar surface area (TPSA) is 37.4 Å². The SMILES string of the molecule is O=CCN1CC(=O)C1. The Morgan fingerprint density at radius 3 is 2.62 bits per heavy atom. The second kappa shape index (κ2) is 2.05. The van der Waals surface area contributed by atoms with E-state index in [4.69, 9.17) is 0 Å². The zero-order chi connectivity index (χ0) is 5.98. The average Bonchev–Trinajstić information content (AvgIpc) is 1.64. The molecule has 8 heavy (non-hydrogen) atoms. The van der Waals surface area contributed by atoms with Crippen molar-refractivity contribution in [3.63, 3.8) is 0 Å². The lowest BCUT2D eigenvalue weighted by Gasteiger charge is -2.26. The Kier molecular flexibility index (Phi) is 1.39. The summed E-state index contributed by atoms with van der Waals surface area (Å²) in [5, 5.41) is 0. The molecular weight excluding hydrogens is 106 g/mol. The van der Waals surface area contributed by atoms with Crippen LogP contribution in [0.15, 0.2) is 0 Å². The van der Waals surface area contributed by atoms with Crippen LogP contribution in [-0.2, 0) is 9.59 Å². The van der Waals surface area contributed by atoms with Crippen LogP contribution in [0.3, 0.4) is 0 Å². The van der Waals surface area contributed by atoms with Gasteiger partial charge in [-0.05, 0) is 0 Å². The van der Waals surface area contributed by atoms with Gasteiger partial charge in [-0.1, -0.05) is 0 Å². The van der Waals surface area contributed by atoms with Gasteiger partial charge in [0.25, 0.3) is 0 Å². The Hall–Kier alpha value is -0.700. The molecule has 0 saturated carbocycles. The van der Waals surface area contributed by atoms with Crippen molar-refractivity contribution >= 4 is 12.1 Å². The second-order valence-electron chi connectivity index (χ2n) is 1.87. The van der Waals surface area contributed by atoms with Crippen molar-refractivity contribution < 1.29 is 9.59 Å². The van der Waals surface area contributed by atoms with Crippen molar-refractivity contribution in [1.82, 2.24) is 4.90 Å². The van der Waals surface area contributed by atoms with E-state index < -0.39 is 0 Å². The fourth-order valence-electron chi connectivity index (χ4n) is 0.687. The molecule has 1 fully saturated rings. The van der Waals surface area contributed by atoms with E-state index in [-0.39, 0.29) is 5.78 Å². The molecule has 1 saturated heterocycles. The van der Waals surface area contributed by atoms with Crippen LogP contribution >= 0.6 is 0 Å². The molecule has 0 aliphatic carbocycles. The van der Waals surface area contributed by atoms with Crippen LogP contribution in [0.25, 0.3) is 0 Å². The van der Waals surface area contributed by atoms with E-state index in [0.717, 1.165) is 6.29 Å². The van der Waals surface area contributed by atoms with Gasteiger partial charge in [0, 0.05) is 0 Å². The zero-order valence-electron chi connectivity index (χ0n) is 4.46. The first-order valence-electron chi connectivity index (χ1n) is 2.50. The fourth-order valence-corrected chi connectivity index (χ4v) is 0.687. The Labute approximate surface area is 47.3 Å². The summed E-state index contributed by atoms with van der Waals surface area (Å²) in [5.74, 6) is 0.229. The number of hydrogen-bond donors (Lipinski definition) is 0. The maximum absolute atomic E-state index is 10.2. The normalized spacial score (nSPS) is 20.2. The number of carbonyl (C=O) groups is 2. The first-order chi connectivity index (χ1) is 3.83. The van der Waals surface area contributed by atoms with E-state index >= 15 is 0 Å². The third-order valence-electron chi connectivity index (χ3n) is 1.13. The van der Waals surface area contributed by atoms with Gasteiger partial charge in [-0.15, -0.1) is 0 Å². The van der Waals surface area contributed by atoms with Crippen LogP contribution in [-0.4, -0.2) is 36.6 Å². The number of Topliss-reactive ketones (excluding diaryl/α,β-unsaturated/α-hetero) is 1. The highest BCUT2D eigenvalue weighted by Gasteiger charge is 2.21. The van der Waals surface area contributed by atoms with Gasteiger partial charge in [0.05, 0.1) is 19.6 Å². The lowest BCUT2D eigenvalue weighted by Crippen LogP contribution is -2.47. The van der Waals surface area contributed by atoms with E-state index in [1.54, 1.807) is 4.90 Å². The van der Waals surface area contributed by atoms with Crippen LogP contribution in [0.4, 0.5) is 0 Å². The maximum Gasteiger partial charge on any atom is 0.160 e. The lowest BCUT2D eigenvalue weighted by atomic mass is 10.2. The molecule has 0 aromatic carbocycles. The molecule has 0 bridgehead atoms. The average molecular weight is 113 g/mol. The third kappa shape index (κ3) is 0.924. The van der Waals surface area contributed by atoms with Crippen molar-refractivity contribution in [2.75, 3.05) is 19.6 Å². The summed E-state index contributed by atoms with van der Waals surface area (Å²) < 4.78 is 0. The highest BCUT2D eigenvalue weighted by atomic mass is 16.1. The van der Waals surface area contributed by atoms with Crippen LogP contribution in [0.5, 0.6) is 0 Å². The van der Waals surface area contributed by atoms with Gasteiger partial charge in [-0.25, -0.2) is 0 Å². The van der Waals surface area contributed by atoms with Crippen molar-refractivity contribution in [3.8, 4) is 0 Å². The molecule has 1 aliphatic rings. The first-order valence-corrected chi connectivity index (χ1v) is 2.50. The maximum atomic E-state index is 10.2. The van der Waals surface area contributed by atoms with Gasteiger partial charge < -0.3 is 4.79 Å². The highest BCUT2D eigenvalue weighted by molar-refractivity contribution is 5.88. The molecule has 0 radical (unpaired) electrons. The molecule has 3 nitrogen and oxygen atoms in total. The summed E-state index contributed by atoms with van der Waals surface area (Å²) in [7, 11) is 0. The zero-order valence-corrected chi connectivity index (χ0v) is 4.46. The van der Waals surface area contributed by atoms with Crippen LogP contribution in [0, 0.1) is 0 Å². The quantitative estimate of drug-likeness (QED) is 0.434. The van der Waals surface area contributed by atoms with Crippen molar-refractivity contribution in [1.29, 1.82) is 0 Å². The van der Waals surface area contributed by atoms with Crippen molar-refractivity contribution in [3.05, 3.63) is 0 Å². The number of carbonyl (C=O) groups excluding carboxylic acids is 2. The number of aldehydes is 1. The molecule has 1 rings (SSSR count). The Morgan fingerprint density at radius 2 is 2.25 bits per heavy atom. The first kappa shape index (κ1) is 5.44. The Morgan fingerprint density at radius 1 is 1.62 bits per heavy atom. The fraction of sp³-hybridized carbons (Fsp3) is 0.600. The number of ketones is 1. The molecule has 0 spiro atoms. The van der Waals surface area contributed by atoms with E-state index in [1.807, 2.05) is 0 Å². The number of rotatable bonds is 2. The molecule has 3 heteroatoms. The monoisotopic (exact) mass is 113 g/mol. The Balaban J connectivity index is 2.15. The van der Waals surface area contributed by atoms with Gasteiger partial charge in [0.2, 0.25) is 0 Å². The van der Waals surface area contributed by atoms with Crippen LogP contribution in [0.1, 0.15) is 0 Å². The minimum absolute atomic E-state index is 0.229. The van der Waals surface area contributed by atoms with Crippen LogP contribution < -0.4 is 0 Å². The van der Waals surface area contributed by atoms with Gasteiger partial charge in [0.1, 0.15) is 6.29 Å². The molecule has 0 amide bonds. The van der Waals surface area contributed by atoms with E-state index in [0.29, 0.717) is 19.6 Å². The summed E-state index contributed by atoms with van der Waals surface area (Å²) in [5.41, 5.74) is 0. The van der Waals surface area contributed by atoms with Gasteiger partial charge >= 0.3 is 0 Å². The molecule has 44 valence electrons. The summed E-state index contributed by atoms with van der Waals surface area (Å²) in [4.78, 5) is 21.8. The smallest absolute Gasteiger partial charge is 0.160 e. The number of likely N-dealkylation sites (tertiary alicyclic amines) is 1. The second-order valence-corrected chi connectivity index (χ2v) is 1.87. The van der Waals surface area contributed by atoms with Crippen molar-refractivity contribution in [2.45, 2.75) is 0 Å². The molecule has 1 aliphatic heterocycles. The van der Waals surface area contributed by atoms with Gasteiger partial charge in [0.15, 0.2) is 5.78 Å². The molecule has 0 atom stereocenters. The summed E-state index contributed by atoms with van der Waals surface area (Å²) in [6.45, 7) is 1.35. The van der Waals surface area contributed by atoms with E-state index in [9.17, 15) is 9.59 Å². The minimum atomic E-state index is 0.229. The van der Waals surface area contributed by atoms with Crippen LogP contribution in [0.2, 0.25) is 0 Å². The summed E-state index contributed by atoms with van der Waals surface area (Å²) >= 11 is 0. The largest absolute Gasteiger partial charge is 0.302 e. The Bertz CT molecular complexity index is 111. The molecular formula is C5H7NO2. The number of nitrogens with zero attached hydrogens (tertiary/aromatic N) is 1. The molecule has 0 aromatic rings. The third-order valence-corrected chi connectivity index (χ3v) is 1.13. The van der Waals surface area contributed by atoms with Gasteiger partial charge in [-0.2, -0.15) is 0 Å².